The Morgan fingerprint density at radius 3 is 2.32 bits per heavy atom. The topological polar surface area (TPSA) is 110 Å². The Bertz CT molecular complexity index is 1250. The number of rotatable bonds is 6. The zero-order chi connectivity index (χ0) is 24.2. The van der Waals surface area contributed by atoms with E-state index in [1.165, 1.54) is 24.3 Å². The Morgan fingerprint density at radius 1 is 1.06 bits per heavy atom. The molecule has 0 atom stereocenters. The van der Waals surface area contributed by atoms with Crippen molar-refractivity contribution in [2.75, 3.05) is 17.8 Å². The van der Waals surface area contributed by atoms with Crippen molar-refractivity contribution in [3.8, 4) is 6.07 Å². The number of nitrogens with one attached hydrogen (secondary N) is 1. The monoisotopic (exact) mass is 477 g/mol. The SMILES string of the molecule is N#Cc1ccc(S(=O)(=O)Nc2ccc(C(=O)N3CCC(O)(CC4=CCCC=C4)CC3)cc2)cc1. The molecular formula is C26H27N3O4S. The van der Waals surface area contributed by atoms with E-state index < -0.39 is 15.6 Å². The van der Waals surface area contributed by atoms with Gasteiger partial charge in [0.2, 0.25) is 0 Å². The van der Waals surface area contributed by atoms with Gasteiger partial charge in [0.05, 0.1) is 22.1 Å². The van der Waals surface area contributed by atoms with E-state index in [4.69, 9.17) is 5.26 Å². The molecule has 176 valence electrons. The summed E-state index contributed by atoms with van der Waals surface area (Å²) in [4.78, 5) is 14.7. The Balaban J connectivity index is 1.35. The Morgan fingerprint density at radius 2 is 1.74 bits per heavy atom. The molecule has 0 radical (unpaired) electrons. The minimum absolute atomic E-state index is 0.0481. The lowest BCUT2D eigenvalue weighted by Gasteiger charge is -2.38. The van der Waals surface area contributed by atoms with Crippen LogP contribution in [0.25, 0.3) is 0 Å². The van der Waals surface area contributed by atoms with Gasteiger partial charge in [-0.05, 0) is 79.8 Å². The van der Waals surface area contributed by atoms with Crippen LogP contribution in [-0.2, 0) is 10.0 Å². The summed E-state index contributed by atoms with van der Waals surface area (Å²) in [6, 6.07) is 13.9. The lowest BCUT2D eigenvalue weighted by Crippen LogP contribution is -2.46. The second-order valence-electron chi connectivity index (χ2n) is 8.77. The first-order chi connectivity index (χ1) is 16.3. The minimum Gasteiger partial charge on any atom is -0.389 e. The number of carbonyl (C=O) groups is 1. The van der Waals surface area contributed by atoms with Crippen molar-refractivity contribution in [3.05, 3.63) is 83.5 Å². The minimum atomic E-state index is -3.81. The van der Waals surface area contributed by atoms with Crippen molar-refractivity contribution in [3.63, 3.8) is 0 Å². The van der Waals surface area contributed by atoms with Gasteiger partial charge in [0.1, 0.15) is 0 Å². The van der Waals surface area contributed by atoms with Crippen molar-refractivity contribution in [2.45, 2.75) is 42.6 Å². The number of hydrogen-bond donors (Lipinski definition) is 2. The van der Waals surface area contributed by atoms with E-state index in [1.807, 2.05) is 6.07 Å². The van der Waals surface area contributed by atoms with Crippen LogP contribution in [0.5, 0.6) is 0 Å². The second-order valence-corrected chi connectivity index (χ2v) is 10.5. The number of piperidine rings is 1. The fourth-order valence-corrected chi connectivity index (χ4v) is 5.33. The van der Waals surface area contributed by atoms with Crippen LogP contribution in [-0.4, -0.2) is 43.0 Å². The highest BCUT2D eigenvalue weighted by Crippen LogP contribution is 2.31. The van der Waals surface area contributed by atoms with Crippen LogP contribution < -0.4 is 4.72 Å². The third-order valence-electron chi connectivity index (χ3n) is 6.26. The number of nitriles is 1. The van der Waals surface area contributed by atoms with E-state index in [9.17, 15) is 18.3 Å². The molecule has 4 rings (SSSR count). The van der Waals surface area contributed by atoms with E-state index in [2.05, 4.69) is 23.0 Å². The number of sulfonamides is 1. The molecule has 8 heteroatoms. The van der Waals surface area contributed by atoms with Gasteiger partial charge in [-0.1, -0.05) is 18.2 Å². The second kappa shape index (κ2) is 9.84. The number of amides is 1. The molecule has 2 aliphatic rings. The summed E-state index contributed by atoms with van der Waals surface area (Å²) in [5.74, 6) is -0.139. The standard InChI is InChI=1S/C26H27N3O4S/c27-19-21-6-12-24(13-7-21)34(32,33)28-23-10-8-22(9-11-23)25(30)29-16-14-26(31,15-17-29)18-20-4-2-1-3-5-20/h2,4-13,28,31H,1,3,14-18H2. The third-order valence-corrected chi connectivity index (χ3v) is 7.66. The Kier molecular flexibility index (Phi) is 6.87. The first-order valence-corrected chi connectivity index (χ1v) is 12.8. The highest BCUT2D eigenvalue weighted by atomic mass is 32.2. The van der Waals surface area contributed by atoms with Gasteiger partial charge in [0.25, 0.3) is 15.9 Å². The van der Waals surface area contributed by atoms with Crippen LogP contribution in [0.4, 0.5) is 5.69 Å². The molecule has 1 aliphatic heterocycles. The smallest absolute Gasteiger partial charge is 0.261 e. The average molecular weight is 478 g/mol. The van der Waals surface area contributed by atoms with Gasteiger partial charge >= 0.3 is 0 Å². The summed E-state index contributed by atoms with van der Waals surface area (Å²) >= 11 is 0. The number of anilines is 1. The van der Waals surface area contributed by atoms with Crippen molar-refractivity contribution < 1.29 is 18.3 Å². The first kappa shape index (κ1) is 23.7. The van der Waals surface area contributed by atoms with E-state index in [0.29, 0.717) is 49.2 Å². The molecule has 0 bridgehead atoms. The number of benzene rings is 2. The van der Waals surface area contributed by atoms with Gasteiger partial charge in [-0.3, -0.25) is 9.52 Å². The van der Waals surface area contributed by atoms with Crippen molar-refractivity contribution in [2.24, 2.45) is 0 Å². The Hall–Kier alpha value is -3.41. The van der Waals surface area contributed by atoms with E-state index in [1.54, 1.807) is 29.2 Å². The maximum atomic E-state index is 12.9. The van der Waals surface area contributed by atoms with Gasteiger partial charge in [-0.2, -0.15) is 5.26 Å². The third kappa shape index (κ3) is 5.56. The van der Waals surface area contributed by atoms with E-state index in [0.717, 1.165) is 18.4 Å². The summed E-state index contributed by atoms with van der Waals surface area (Å²) in [5.41, 5.74) is 1.54. The van der Waals surface area contributed by atoms with Crippen LogP contribution in [0.2, 0.25) is 0 Å². The van der Waals surface area contributed by atoms with Gasteiger partial charge in [0, 0.05) is 30.8 Å². The van der Waals surface area contributed by atoms with Crippen molar-refractivity contribution in [1.29, 1.82) is 5.26 Å². The molecule has 0 spiro atoms. The van der Waals surface area contributed by atoms with Crippen LogP contribution >= 0.6 is 0 Å². The summed E-state index contributed by atoms with van der Waals surface area (Å²) in [5, 5.41) is 19.8. The lowest BCUT2D eigenvalue weighted by molar-refractivity contribution is -0.0157. The maximum absolute atomic E-state index is 12.9. The largest absolute Gasteiger partial charge is 0.389 e. The molecular weight excluding hydrogens is 450 g/mol. The lowest BCUT2D eigenvalue weighted by atomic mass is 9.84. The van der Waals surface area contributed by atoms with E-state index >= 15 is 0 Å². The van der Waals surface area contributed by atoms with Gasteiger partial charge in [-0.25, -0.2) is 8.42 Å². The van der Waals surface area contributed by atoms with Gasteiger partial charge in [-0.15, -0.1) is 0 Å². The summed E-state index contributed by atoms with van der Waals surface area (Å²) in [6.45, 7) is 0.943. The van der Waals surface area contributed by atoms with Crippen LogP contribution in [0.15, 0.2) is 77.2 Å². The summed E-state index contributed by atoms with van der Waals surface area (Å²) in [7, 11) is -3.81. The number of allylic oxidation sites excluding steroid dienone is 3. The average Bonchev–Trinajstić information content (AvgIpc) is 2.85. The first-order valence-electron chi connectivity index (χ1n) is 11.3. The highest BCUT2D eigenvalue weighted by molar-refractivity contribution is 7.92. The van der Waals surface area contributed by atoms with Crippen LogP contribution in [0.1, 0.15) is 48.0 Å². The molecule has 1 amide bonds. The molecule has 1 heterocycles. The zero-order valence-corrected chi connectivity index (χ0v) is 19.6. The maximum Gasteiger partial charge on any atom is 0.261 e. The van der Waals surface area contributed by atoms with Crippen molar-refractivity contribution >= 4 is 21.6 Å². The molecule has 0 unspecified atom stereocenters. The molecule has 34 heavy (non-hydrogen) atoms. The fourth-order valence-electron chi connectivity index (χ4n) is 4.27. The van der Waals surface area contributed by atoms with Crippen LogP contribution in [0, 0.1) is 11.3 Å². The Labute approximate surface area is 200 Å². The number of carbonyl (C=O) groups excluding carboxylic acids is 1. The normalized spacial score (nSPS) is 17.5. The predicted molar refractivity (Wildman–Crippen MR) is 130 cm³/mol. The number of likely N-dealkylation sites (tertiary alicyclic amines) is 1. The molecule has 2 aromatic carbocycles. The molecule has 1 aliphatic carbocycles. The quantitative estimate of drug-likeness (QED) is 0.654. The zero-order valence-electron chi connectivity index (χ0n) is 18.8. The highest BCUT2D eigenvalue weighted by Gasteiger charge is 2.34. The molecule has 2 aromatic rings. The number of aliphatic hydroxyl groups is 1. The molecule has 2 N–H and O–H groups in total. The molecule has 1 fully saturated rings. The van der Waals surface area contributed by atoms with Crippen molar-refractivity contribution in [1.82, 2.24) is 4.90 Å². The molecule has 0 aromatic heterocycles. The molecule has 1 saturated heterocycles. The van der Waals surface area contributed by atoms with E-state index in [-0.39, 0.29) is 10.8 Å². The molecule has 0 saturated carbocycles. The van der Waals surface area contributed by atoms with Gasteiger partial charge < -0.3 is 10.0 Å². The number of nitrogens with zero attached hydrogens (tertiary/aromatic N) is 2. The van der Waals surface area contributed by atoms with Gasteiger partial charge in [0.15, 0.2) is 0 Å². The predicted octanol–water partition coefficient (Wildman–Crippen LogP) is 3.99. The number of hydrogen-bond acceptors (Lipinski definition) is 5. The molecule has 7 nitrogen and oxygen atoms in total. The summed E-state index contributed by atoms with van der Waals surface area (Å²) < 4.78 is 27.6. The fraction of sp³-hybridized carbons (Fsp3) is 0.308. The van der Waals surface area contributed by atoms with Crippen LogP contribution in [0.3, 0.4) is 0 Å². The summed E-state index contributed by atoms with van der Waals surface area (Å²) in [6.07, 6.45) is 10.1.